The summed E-state index contributed by atoms with van der Waals surface area (Å²) in [5, 5.41) is 8.70. The van der Waals surface area contributed by atoms with Crippen LogP contribution in [0.2, 0.25) is 0 Å². The monoisotopic (exact) mass is 210 g/mol. The van der Waals surface area contributed by atoms with Crippen LogP contribution in [0.4, 0.5) is 6.01 Å². The molecule has 2 heterocycles. The Bertz CT molecular complexity index is 361. The van der Waals surface area contributed by atoms with Crippen molar-refractivity contribution in [2.45, 2.75) is 19.8 Å². The van der Waals surface area contributed by atoms with Crippen molar-refractivity contribution < 1.29 is 14.3 Å². The minimum Gasteiger partial charge on any atom is -0.476 e. The fourth-order valence-electron chi connectivity index (χ4n) is 1.85. The molecular weight excluding hydrogens is 196 g/mol. The Balaban J connectivity index is 2.07. The maximum atomic E-state index is 10.6. The van der Waals surface area contributed by atoms with Gasteiger partial charge in [-0.05, 0) is 12.3 Å². The van der Waals surface area contributed by atoms with Gasteiger partial charge in [-0.15, -0.1) is 0 Å². The van der Waals surface area contributed by atoms with Gasteiger partial charge in [0.25, 0.3) is 6.01 Å². The molecule has 2 rings (SSSR count). The van der Waals surface area contributed by atoms with E-state index < -0.39 is 5.97 Å². The highest BCUT2D eigenvalue weighted by atomic mass is 16.4. The van der Waals surface area contributed by atoms with E-state index in [1.807, 2.05) is 4.90 Å². The lowest BCUT2D eigenvalue weighted by atomic mass is 10.1. The third-order valence-corrected chi connectivity index (χ3v) is 2.84. The summed E-state index contributed by atoms with van der Waals surface area (Å²) in [4.78, 5) is 16.5. The van der Waals surface area contributed by atoms with E-state index in [0.717, 1.165) is 25.9 Å². The minimum absolute atomic E-state index is 0.0232. The highest BCUT2D eigenvalue weighted by molar-refractivity contribution is 5.85. The molecule has 5 nitrogen and oxygen atoms in total. The van der Waals surface area contributed by atoms with Gasteiger partial charge in [0.1, 0.15) is 6.26 Å². The largest absolute Gasteiger partial charge is 0.476 e. The lowest BCUT2D eigenvalue weighted by molar-refractivity contribution is 0.0690. The maximum absolute atomic E-state index is 10.6. The van der Waals surface area contributed by atoms with E-state index in [1.54, 1.807) is 0 Å². The van der Waals surface area contributed by atoms with Crippen molar-refractivity contribution in [3.8, 4) is 0 Å². The van der Waals surface area contributed by atoms with Crippen molar-refractivity contribution in [1.82, 2.24) is 4.98 Å². The molecule has 1 aliphatic rings. The van der Waals surface area contributed by atoms with Gasteiger partial charge in [0.05, 0.1) is 0 Å². The number of oxazole rings is 1. The lowest BCUT2D eigenvalue weighted by Crippen LogP contribution is -2.19. The number of aromatic carboxylic acids is 1. The number of hydrogen-bond acceptors (Lipinski definition) is 4. The predicted molar refractivity (Wildman–Crippen MR) is 54.1 cm³/mol. The SMILES string of the molecule is CC[C@H]1CCN(c2nc(C(=O)O)co2)C1. The molecule has 0 saturated carbocycles. The van der Waals surface area contributed by atoms with Gasteiger partial charge in [0.2, 0.25) is 0 Å². The van der Waals surface area contributed by atoms with E-state index in [4.69, 9.17) is 9.52 Å². The molecule has 0 radical (unpaired) electrons. The van der Waals surface area contributed by atoms with Crippen LogP contribution in [0.1, 0.15) is 30.3 Å². The Morgan fingerprint density at radius 3 is 3.13 bits per heavy atom. The number of carboxylic acid groups (broad SMARTS) is 1. The number of anilines is 1. The number of hydrogen-bond donors (Lipinski definition) is 1. The van der Waals surface area contributed by atoms with Gasteiger partial charge in [-0.25, -0.2) is 4.79 Å². The molecule has 15 heavy (non-hydrogen) atoms. The first-order valence-corrected chi connectivity index (χ1v) is 5.14. The highest BCUT2D eigenvalue weighted by Gasteiger charge is 2.25. The van der Waals surface area contributed by atoms with E-state index in [9.17, 15) is 4.79 Å². The Kier molecular flexibility index (Phi) is 2.62. The average Bonchev–Trinajstić information content (AvgIpc) is 2.86. The summed E-state index contributed by atoms with van der Waals surface area (Å²) in [6, 6.07) is 0.434. The molecule has 1 aliphatic heterocycles. The second kappa shape index (κ2) is 3.92. The molecule has 0 spiro atoms. The van der Waals surface area contributed by atoms with Crippen LogP contribution in [0.25, 0.3) is 0 Å². The number of nitrogens with zero attached hydrogens (tertiary/aromatic N) is 2. The second-order valence-electron chi connectivity index (χ2n) is 3.83. The molecule has 1 aromatic heterocycles. The fraction of sp³-hybridized carbons (Fsp3) is 0.600. The molecule has 1 fully saturated rings. The zero-order valence-electron chi connectivity index (χ0n) is 8.64. The molecule has 0 unspecified atom stereocenters. The first-order chi connectivity index (χ1) is 7.20. The molecule has 1 N–H and O–H groups in total. The van der Waals surface area contributed by atoms with E-state index in [1.165, 1.54) is 6.26 Å². The quantitative estimate of drug-likeness (QED) is 0.820. The maximum Gasteiger partial charge on any atom is 0.357 e. The molecule has 5 heteroatoms. The average molecular weight is 210 g/mol. The normalized spacial score (nSPS) is 20.9. The Labute approximate surface area is 87.7 Å². The van der Waals surface area contributed by atoms with Crippen LogP contribution >= 0.6 is 0 Å². The van der Waals surface area contributed by atoms with Crippen molar-refractivity contribution in [3.05, 3.63) is 12.0 Å². The van der Waals surface area contributed by atoms with Crippen molar-refractivity contribution in [2.75, 3.05) is 18.0 Å². The van der Waals surface area contributed by atoms with Crippen LogP contribution in [0, 0.1) is 5.92 Å². The number of carbonyl (C=O) groups is 1. The van der Waals surface area contributed by atoms with Crippen LogP contribution in [0.5, 0.6) is 0 Å². The first kappa shape index (κ1) is 10.0. The van der Waals surface area contributed by atoms with Gasteiger partial charge in [0, 0.05) is 13.1 Å². The van der Waals surface area contributed by atoms with E-state index in [0.29, 0.717) is 11.9 Å². The molecule has 1 saturated heterocycles. The van der Waals surface area contributed by atoms with Gasteiger partial charge in [-0.1, -0.05) is 13.3 Å². The molecule has 0 aliphatic carbocycles. The second-order valence-corrected chi connectivity index (χ2v) is 3.83. The van der Waals surface area contributed by atoms with Crippen molar-refractivity contribution in [1.29, 1.82) is 0 Å². The standard InChI is InChI=1S/C10H14N2O3/c1-2-7-3-4-12(5-7)10-11-8(6-15-10)9(13)14/h6-7H,2-5H2,1H3,(H,13,14)/t7-/m0/s1. The zero-order chi connectivity index (χ0) is 10.8. The summed E-state index contributed by atoms with van der Waals surface area (Å²) in [6.45, 7) is 3.97. The summed E-state index contributed by atoms with van der Waals surface area (Å²) in [5.74, 6) is -0.374. The Morgan fingerprint density at radius 1 is 1.80 bits per heavy atom. The van der Waals surface area contributed by atoms with Crippen molar-refractivity contribution in [2.24, 2.45) is 5.92 Å². The summed E-state index contributed by atoms with van der Waals surface area (Å²) in [5.41, 5.74) is -0.0232. The number of rotatable bonds is 3. The van der Waals surface area contributed by atoms with Gasteiger partial charge in [-0.3, -0.25) is 0 Å². The molecule has 1 aromatic rings. The molecule has 1 atom stereocenters. The van der Waals surface area contributed by atoms with Crippen LogP contribution in [-0.4, -0.2) is 29.1 Å². The minimum atomic E-state index is -1.05. The molecule has 0 bridgehead atoms. The Morgan fingerprint density at radius 2 is 2.60 bits per heavy atom. The predicted octanol–water partition coefficient (Wildman–Crippen LogP) is 1.61. The van der Waals surface area contributed by atoms with E-state index >= 15 is 0 Å². The van der Waals surface area contributed by atoms with Gasteiger partial charge >= 0.3 is 5.97 Å². The van der Waals surface area contributed by atoms with Crippen LogP contribution in [0.3, 0.4) is 0 Å². The third-order valence-electron chi connectivity index (χ3n) is 2.84. The van der Waals surface area contributed by atoms with Crippen molar-refractivity contribution >= 4 is 12.0 Å². The van der Waals surface area contributed by atoms with Crippen LogP contribution < -0.4 is 4.90 Å². The third kappa shape index (κ3) is 1.95. The van der Waals surface area contributed by atoms with E-state index in [-0.39, 0.29) is 5.69 Å². The Hall–Kier alpha value is -1.52. The van der Waals surface area contributed by atoms with Gasteiger partial charge in [0.15, 0.2) is 5.69 Å². The molecule has 82 valence electrons. The summed E-state index contributed by atoms with van der Waals surface area (Å²) < 4.78 is 5.14. The van der Waals surface area contributed by atoms with Gasteiger partial charge < -0.3 is 14.4 Å². The highest BCUT2D eigenvalue weighted by Crippen LogP contribution is 2.24. The molecular formula is C10H14N2O3. The molecule has 0 amide bonds. The molecule has 0 aromatic carbocycles. The topological polar surface area (TPSA) is 66.6 Å². The smallest absolute Gasteiger partial charge is 0.357 e. The van der Waals surface area contributed by atoms with Crippen LogP contribution in [0.15, 0.2) is 10.7 Å². The summed E-state index contributed by atoms with van der Waals surface area (Å²) in [6.07, 6.45) is 3.46. The first-order valence-electron chi connectivity index (χ1n) is 5.14. The zero-order valence-corrected chi connectivity index (χ0v) is 8.64. The number of carboxylic acids is 1. The summed E-state index contributed by atoms with van der Waals surface area (Å²) >= 11 is 0. The fourth-order valence-corrected chi connectivity index (χ4v) is 1.85. The summed E-state index contributed by atoms with van der Waals surface area (Å²) in [7, 11) is 0. The number of aromatic nitrogens is 1. The van der Waals surface area contributed by atoms with Gasteiger partial charge in [-0.2, -0.15) is 4.98 Å². The van der Waals surface area contributed by atoms with E-state index in [2.05, 4.69) is 11.9 Å². The van der Waals surface area contributed by atoms with Crippen LogP contribution in [-0.2, 0) is 0 Å². The lowest BCUT2D eigenvalue weighted by Gasteiger charge is -2.12. The van der Waals surface area contributed by atoms with Crippen molar-refractivity contribution in [3.63, 3.8) is 0 Å².